The van der Waals surface area contributed by atoms with Crippen LogP contribution in [0.2, 0.25) is 0 Å². The number of aromatic nitrogens is 3. The van der Waals surface area contributed by atoms with Crippen LogP contribution in [0.25, 0.3) is 5.69 Å². The molecule has 0 saturated carbocycles. The van der Waals surface area contributed by atoms with Crippen molar-refractivity contribution in [2.75, 3.05) is 0 Å². The largest absolute Gasteiger partial charge is 0.270 e. The lowest BCUT2D eigenvalue weighted by Crippen LogP contribution is -2.28. The molecule has 4 heteroatoms. The summed E-state index contributed by atoms with van der Waals surface area (Å²) in [6, 6.07) is 18.9. The first-order valence-electron chi connectivity index (χ1n) is 6.49. The summed E-state index contributed by atoms with van der Waals surface area (Å²) in [5.41, 5.74) is 2.50. The van der Waals surface area contributed by atoms with Crippen LogP contribution < -0.4 is 4.57 Å². The molecular weight excluding hydrogens is 266 g/mol. The first kappa shape index (κ1) is 12.9. The topological polar surface area (TPSA) is 21.7 Å². The molecule has 0 unspecified atom stereocenters. The van der Waals surface area contributed by atoms with Crippen LogP contribution in [0.15, 0.2) is 72.1 Å². The number of nitrogens with zero attached hydrogens (tertiary/aromatic N) is 3. The average Bonchev–Trinajstić information content (AvgIpc) is 2.93. The van der Waals surface area contributed by atoms with Gasteiger partial charge >= 0.3 is 0 Å². The van der Waals surface area contributed by atoms with E-state index in [0.717, 1.165) is 5.75 Å². The van der Waals surface area contributed by atoms with Crippen LogP contribution in [0, 0.1) is 0 Å². The monoisotopic (exact) mass is 282 g/mol. The van der Waals surface area contributed by atoms with Crippen molar-refractivity contribution in [2.45, 2.75) is 10.6 Å². The van der Waals surface area contributed by atoms with Gasteiger partial charge in [-0.3, -0.25) is 0 Å². The van der Waals surface area contributed by atoms with Crippen LogP contribution in [0.4, 0.5) is 0 Å². The molecule has 3 rings (SSSR count). The van der Waals surface area contributed by atoms with E-state index >= 15 is 0 Å². The first-order valence-corrected chi connectivity index (χ1v) is 7.47. The Balaban J connectivity index is 1.83. The molecule has 100 valence electrons. The summed E-state index contributed by atoms with van der Waals surface area (Å²) in [6.45, 7) is 0. The molecular formula is C16H16N3S+. The molecule has 0 N–H and O–H groups in total. The third-order valence-corrected chi connectivity index (χ3v) is 4.16. The van der Waals surface area contributed by atoms with Gasteiger partial charge in [0, 0.05) is 15.7 Å². The second-order valence-corrected chi connectivity index (χ2v) is 5.59. The van der Waals surface area contributed by atoms with Crippen LogP contribution >= 0.6 is 11.8 Å². The summed E-state index contributed by atoms with van der Waals surface area (Å²) in [5.74, 6) is 0.971. The van der Waals surface area contributed by atoms with E-state index in [-0.39, 0.29) is 0 Å². The number of thioether (sulfide) groups is 1. The highest BCUT2D eigenvalue weighted by atomic mass is 32.2. The van der Waals surface area contributed by atoms with Crippen molar-refractivity contribution in [3.05, 3.63) is 72.8 Å². The minimum atomic E-state index is 0.971. The lowest BCUT2D eigenvalue weighted by atomic mass is 10.2. The van der Waals surface area contributed by atoms with E-state index < -0.39 is 0 Å². The fourth-order valence-electron chi connectivity index (χ4n) is 2.03. The second-order valence-electron chi connectivity index (χ2n) is 4.57. The maximum Gasteiger partial charge on any atom is 0.270 e. The highest BCUT2D eigenvalue weighted by Gasteiger charge is 2.10. The summed E-state index contributed by atoms with van der Waals surface area (Å²) in [5, 5.41) is 4.22. The molecule has 0 aliphatic heterocycles. The molecule has 1 heterocycles. The zero-order chi connectivity index (χ0) is 13.8. The molecule has 0 saturated heterocycles. The number of hydrogen-bond donors (Lipinski definition) is 0. The smallest absolute Gasteiger partial charge is 0.202 e. The van der Waals surface area contributed by atoms with Crippen molar-refractivity contribution in [1.82, 2.24) is 9.78 Å². The van der Waals surface area contributed by atoms with Gasteiger partial charge in [-0.25, -0.2) is 4.57 Å². The normalized spacial score (nSPS) is 10.7. The minimum absolute atomic E-state index is 0.971. The van der Waals surface area contributed by atoms with E-state index in [1.54, 1.807) is 4.68 Å². The number of aryl methyl sites for hydroxylation is 1. The number of benzene rings is 2. The SMILES string of the molecule is Cn1c[n+](-c2ccccc2SCc2ccccc2)cn1. The highest BCUT2D eigenvalue weighted by molar-refractivity contribution is 7.98. The summed E-state index contributed by atoms with van der Waals surface area (Å²) >= 11 is 1.85. The van der Waals surface area contributed by atoms with Gasteiger partial charge in [0.25, 0.3) is 6.33 Å². The van der Waals surface area contributed by atoms with Crippen molar-refractivity contribution in [2.24, 2.45) is 7.05 Å². The molecule has 3 nitrogen and oxygen atoms in total. The fourth-order valence-corrected chi connectivity index (χ4v) is 3.04. The zero-order valence-corrected chi connectivity index (χ0v) is 12.1. The Morgan fingerprint density at radius 2 is 1.80 bits per heavy atom. The Morgan fingerprint density at radius 1 is 1.05 bits per heavy atom. The van der Waals surface area contributed by atoms with Gasteiger partial charge in [0.05, 0.1) is 7.05 Å². The van der Waals surface area contributed by atoms with Crippen LogP contribution in [-0.4, -0.2) is 9.78 Å². The second kappa shape index (κ2) is 5.92. The molecule has 2 aromatic carbocycles. The molecule has 1 aromatic heterocycles. The third kappa shape index (κ3) is 2.91. The Kier molecular flexibility index (Phi) is 3.83. The van der Waals surface area contributed by atoms with E-state index in [9.17, 15) is 0 Å². The summed E-state index contributed by atoms with van der Waals surface area (Å²) in [7, 11) is 1.93. The van der Waals surface area contributed by atoms with Crippen LogP contribution in [0.5, 0.6) is 0 Å². The quantitative estimate of drug-likeness (QED) is 0.542. The van der Waals surface area contributed by atoms with E-state index in [1.807, 2.05) is 42.1 Å². The maximum atomic E-state index is 4.22. The number of rotatable bonds is 4. The predicted molar refractivity (Wildman–Crippen MR) is 80.7 cm³/mol. The molecule has 3 aromatic rings. The fraction of sp³-hybridized carbons (Fsp3) is 0.125. The lowest BCUT2D eigenvalue weighted by molar-refractivity contribution is -0.598. The van der Waals surface area contributed by atoms with Crippen molar-refractivity contribution in [3.63, 3.8) is 0 Å². The van der Waals surface area contributed by atoms with Gasteiger partial charge in [0.15, 0.2) is 0 Å². The third-order valence-electron chi connectivity index (χ3n) is 3.03. The van der Waals surface area contributed by atoms with E-state index in [1.165, 1.54) is 16.1 Å². The van der Waals surface area contributed by atoms with Gasteiger partial charge in [-0.1, -0.05) is 42.5 Å². The average molecular weight is 282 g/mol. The summed E-state index contributed by atoms with van der Waals surface area (Å²) in [4.78, 5) is 1.26. The zero-order valence-electron chi connectivity index (χ0n) is 11.3. The van der Waals surface area contributed by atoms with Gasteiger partial charge in [0.1, 0.15) is 5.69 Å². The Morgan fingerprint density at radius 3 is 2.55 bits per heavy atom. The van der Waals surface area contributed by atoms with Crippen LogP contribution in [0.3, 0.4) is 0 Å². The van der Waals surface area contributed by atoms with Gasteiger partial charge in [0.2, 0.25) is 6.33 Å². The van der Waals surface area contributed by atoms with E-state index in [2.05, 4.69) is 53.6 Å². The Labute approximate surface area is 122 Å². The molecule has 0 radical (unpaired) electrons. The van der Waals surface area contributed by atoms with E-state index in [0.29, 0.717) is 0 Å². The molecule has 0 spiro atoms. The van der Waals surface area contributed by atoms with Crippen LogP contribution in [0.1, 0.15) is 5.56 Å². The standard InChI is InChI=1S/C16H16N3S/c1-18-13-19(12-17-18)15-9-5-6-10-16(15)20-11-14-7-3-2-4-8-14/h2-10,12-13H,11H2,1H3/q+1. The number of hydrogen-bond acceptors (Lipinski definition) is 2. The molecule has 0 aliphatic carbocycles. The highest BCUT2D eigenvalue weighted by Crippen LogP contribution is 2.26. The van der Waals surface area contributed by atoms with Gasteiger partial charge < -0.3 is 0 Å². The molecule has 0 aliphatic rings. The van der Waals surface area contributed by atoms with Gasteiger partial charge in [-0.2, -0.15) is 0 Å². The predicted octanol–water partition coefficient (Wildman–Crippen LogP) is 2.99. The Bertz CT molecular complexity index is 692. The van der Waals surface area contributed by atoms with Crippen molar-refractivity contribution >= 4 is 11.8 Å². The molecule has 0 fully saturated rings. The van der Waals surface area contributed by atoms with Crippen molar-refractivity contribution < 1.29 is 4.57 Å². The van der Waals surface area contributed by atoms with Gasteiger partial charge in [-0.15, -0.1) is 16.4 Å². The molecule has 0 atom stereocenters. The van der Waals surface area contributed by atoms with Crippen LogP contribution in [-0.2, 0) is 12.8 Å². The van der Waals surface area contributed by atoms with Gasteiger partial charge in [-0.05, 0) is 17.7 Å². The van der Waals surface area contributed by atoms with Crippen molar-refractivity contribution in [3.8, 4) is 5.69 Å². The summed E-state index contributed by atoms with van der Waals surface area (Å²) < 4.78 is 3.85. The lowest BCUT2D eigenvalue weighted by Gasteiger charge is -2.06. The number of para-hydroxylation sites is 1. The first-order chi connectivity index (χ1) is 9.83. The van der Waals surface area contributed by atoms with E-state index in [4.69, 9.17) is 0 Å². The molecule has 0 amide bonds. The molecule has 20 heavy (non-hydrogen) atoms. The Hall–Kier alpha value is -2.07. The van der Waals surface area contributed by atoms with Crippen molar-refractivity contribution in [1.29, 1.82) is 0 Å². The molecule has 0 bridgehead atoms. The minimum Gasteiger partial charge on any atom is -0.202 e. The maximum absolute atomic E-state index is 4.22. The summed E-state index contributed by atoms with van der Waals surface area (Å²) in [6.07, 6.45) is 3.81.